The second-order valence-corrected chi connectivity index (χ2v) is 3.52. The molecule has 1 fully saturated rings. The van der Waals surface area contributed by atoms with Crippen LogP contribution in [0.4, 0.5) is 11.8 Å². The minimum Gasteiger partial charge on any atom is -0.377 e. The zero-order valence-corrected chi connectivity index (χ0v) is 8.40. The van der Waals surface area contributed by atoms with Gasteiger partial charge < -0.3 is 15.0 Å². The largest absolute Gasteiger partial charge is 0.377 e. The summed E-state index contributed by atoms with van der Waals surface area (Å²) < 4.78 is 5.07. The molecule has 1 saturated heterocycles. The molecule has 0 amide bonds. The van der Waals surface area contributed by atoms with E-state index in [1.165, 1.54) is 0 Å². The number of ether oxygens (including phenoxy) is 1. The molecule has 1 N–H and O–H groups in total. The van der Waals surface area contributed by atoms with E-state index in [-0.39, 0.29) is 0 Å². The van der Waals surface area contributed by atoms with Crippen LogP contribution in [0.1, 0.15) is 0 Å². The van der Waals surface area contributed by atoms with E-state index >= 15 is 0 Å². The van der Waals surface area contributed by atoms with Crippen molar-refractivity contribution in [3.05, 3.63) is 12.3 Å². The van der Waals surface area contributed by atoms with Gasteiger partial charge in [0.15, 0.2) is 0 Å². The summed E-state index contributed by atoms with van der Waals surface area (Å²) in [6, 6.07) is 2.27. The SMILES string of the molecule is CN(C)c1nccc(NC2COC2)n1. The van der Waals surface area contributed by atoms with Crippen molar-refractivity contribution in [3.63, 3.8) is 0 Å². The number of hydrogen-bond donors (Lipinski definition) is 1. The Hall–Kier alpha value is -1.36. The van der Waals surface area contributed by atoms with Crippen LogP contribution in [0.2, 0.25) is 0 Å². The van der Waals surface area contributed by atoms with Gasteiger partial charge in [0.2, 0.25) is 5.95 Å². The molecule has 0 radical (unpaired) electrons. The van der Waals surface area contributed by atoms with E-state index in [2.05, 4.69) is 15.3 Å². The molecule has 0 bridgehead atoms. The van der Waals surface area contributed by atoms with Crippen LogP contribution in [-0.2, 0) is 4.74 Å². The Morgan fingerprint density at radius 3 is 2.86 bits per heavy atom. The van der Waals surface area contributed by atoms with E-state index in [0.29, 0.717) is 6.04 Å². The number of anilines is 2. The summed E-state index contributed by atoms with van der Waals surface area (Å²) in [6.45, 7) is 1.53. The predicted molar refractivity (Wildman–Crippen MR) is 54.6 cm³/mol. The molecule has 1 aromatic rings. The quantitative estimate of drug-likeness (QED) is 0.752. The molecule has 0 saturated carbocycles. The minimum atomic E-state index is 0.403. The number of aromatic nitrogens is 2. The van der Waals surface area contributed by atoms with Gasteiger partial charge >= 0.3 is 0 Å². The number of nitrogens with zero attached hydrogens (tertiary/aromatic N) is 3. The number of hydrogen-bond acceptors (Lipinski definition) is 5. The monoisotopic (exact) mass is 194 g/mol. The Kier molecular flexibility index (Phi) is 2.49. The maximum atomic E-state index is 5.07. The van der Waals surface area contributed by atoms with E-state index in [9.17, 15) is 0 Å². The van der Waals surface area contributed by atoms with Crippen LogP contribution in [0, 0.1) is 0 Å². The second kappa shape index (κ2) is 3.79. The van der Waals surface area contributed by atoms with Crippen molar-refractivity contribution in [2.75, 3.05) is 37.5 Å². The number of rotatable bonds is 3. The van der Waals surface area contributed by atoms with Gasteiger partial charge in [-0.2, -0.15) is 4.98 Å². The Balaban J connectivity index is 2.05. The van der Waals surface area contributed by atoms with Gasteiger partial charge in [0.1, 0.15) is 5.82 Å². The van der Waals surface area contributed by atoms with Crippen LogP contribution in [0.3, 0.4) is 0 Å². The first-order chi connectivity index (χ1) is 6.75. The van der Waals surface area contributed by atoms with Crippen molar-refractivity contribution in [1.29, 1.82) is 0 Å². The molecular weight excluding hydrogens is 180 g/mol. The molecule has 14 heavy (non-hydrogen) atoms. The molecule has 0 aromatic carbocycles. The van der Waals surface area contributed by atoms with Crippen molar-refractivity contribution >= 4 is 11.8 Å². The van der Waals surface area contributed by atoms with Crippen molar-refractivity contribution in [1.82, 2.24) is 9.97 Å². The first-order valence-corrected chi connectivity index (χ1v) is 4.60. The lowest BCUT2D eigenvalue weighted by Crippen LogP contribution is -2.40. The molecule has 0 unspecified atom stereocenters. The highest BCUT2D eigenvalue weighted by molar-refractivity contribution is 5.41. The fraction of sp³-hybridized carbons (Fsp3) is 0.556. The van der Waals surface area contributed by atoms with Crippen molar-refractivity contribution in [2.24, 2.45) is 0 Å². The van der Waals surface area contributed by atoms with Gasteiger partial charge in [-0.05, 0) is 6.07 Å². The summed E-state index contributed by atoms with van der Waals surface area (Å²) in [7, 11) is 3.84. The molecule has 0 spiro atoms. The average molecular weight is 194 g/mol. The summed E-state index contributed by atoms with van der Waals surface area (Å²) in [6.07, 6.45) is 1.75. The third kappa shape index (κ3) is 1.93. The van der Waals surface area contributed by atoms with Crippen LogP contribution in [0.15, 0.2) is 12.3 Å². The van der Waals surface area contributed by atoms with Crippen LogP contribution in [0.25, 0.3) is 0 Å². The Bertz CT molecular complexity index is 311. The van der Waals surface area contributed by atoms with Crippen LogP contribution in [0.5, 0.6) is 0 Å². The van der Waals surface area contributed by atoms with Crippen LogP contribution in [-0.4, -0.2) is 43.3 Å². The third-order valence-corrected chi connectivity index (χ3v) is 2.03. The average Bonchev–Trinajstić information content (AvgIpc) is 2.12. The van der Waals surface area contributed by atoms with E-state index in [1.54, 1.807) is 6.20 Å². The second-order valence-electron chi connectivity index (χ2n) is 3.52. The van der Waals surface area contributed by atoms with Gasteiger partial charge in [0, 0.05) is 20.3 Å². The van der Waals surface area contributed by atoms with Crippen molar-refractivity contribution < 1.29 is 4.74 Å². The predicted octanol–water partition coefficient (Wildman–Crippen LogP) is 0.353. The summed E-state index contributed by atoms with van der Waals surface area (Å²) in [5.41, 5.74) is 0. The summed E-state index contributed by atoms with van der Waals surface area (Å²) >= 11 is 0. The van der Waals surface area contributed by atoms with Gasteiger partial charge in [-0.25, -0.2) is 4.98 Å². The van der Waals surface area contributed by atoms with Gasteiger partial charge in [-0.15, -0.1) is 0 Å². The molecule has 1 aromatic heterocycles. The van der Waals surface area contributed by atoms with Crippen molar-refractivity contribution in [2.45, 2.75) is 6.04 Å². The molecule has 2 heterocycles. The molecule has 2 rings (SSSR count). The molecule has 1 aliphatic rings. The molecule has 76 valence electrons. The van der Waals surface area contributed by atoms with Gasteiger partial charge in [0.25, 0.3) is 0 Å². The van der Waals surface area contributed by atoms with Crippen molar-refractivity contribution in [3.8, 4) is 0 Å². The maximum Gasteiger partial charge on any atom is 0.226 e. The van der Waals surface area contributed by atoms with E-state index in [4.69, 9.17) is 4.74 Å². The summed E-state index contributed by atoms with van der Waals surface area (Å²) in [5, 5.41) is 3.27. The van der Waals surface area contributed by atoms with E-state index in [0.717, 1.165) is 25.0 Å². The highest BCUT2D eigenvalue weighted by Gasteiger charge is 2.18. The smallest absolute Gasteiger partial charge is 0.226 e. The lowest BCUT2D eigenvalue weighted by Gasteiger charge is -2.27. The summed E-state index contributed by atoms with van der Waals surface area (Å²) in [5.74, 6) is 1.58. The Labute approximate surface area is 83.1 Å². The standard InChI is InChI=1S/C9H14N4O/c1-13(2)9-10-4-3-8(12-9)11-7-5-14-6-7/h3-4,7H,5-6H2,1-2H3,(H,10,11,12). The lowest BCUT2D eigenvalue weighted by atomic mass is 10.2. The minimum absolute atomic E-state index is 0.403. The normalized spacial score (nSPS) is 16.1. The summed E-state index contributed by atoms with van der Waals surface area (Å²) in [4.78, 5) is 10.4. The zero-order valence-electron chi connectivity index (χ0n) is 8.40. The highest BCUT2D eigenvalue weighted by Crippen LogP contribution is 2.12. The first-order valence-electron chi connectivity index (χ1n) is 4.60. The van der Waals surface area contributed by atoms with Crippen LogP contribution >= 0.6 is 0 Å². The molecule has 1 aliphatic heterocycles. The molecule has 0 aliphatic carbocycles. The van der Waals surface area contributed by atoms with Crippen LogP contribution < -0.4 is 10.2 Å². The number of nitrogens with one attached hydrogen (secondary N) is 1. The van der Waals surface area contributed by atoms with E-state index in [1.807, 2.05) is 25.1 Å². The fourth-order valence-corrected chi connectivity index (χ4v) is 1.17. The Morgan fingerprint density at radius 1 is 1.50 bits per heavy atom. The fourth-order valence-electron chi connectivity index (χ4n) is 1.17. The highest BCUT2D eigenvalue weighted by atomic mass is 16.5. The van der Waals surface area contributed by atoms with E-state index < -0.39 is 0 Å². The van der Waals surface area contributed by atoms with Gasteiger partial charge in [-0.1, -0.05) is 0 Å². The first kappa shape index (κ1) is 9.21. The molecule has 5 nitrogen and oxygen atoms in total. The lowest BCUT2D eigenvalue weighted by molar-refractivity contribution is 0.0209. The molecular formula is C9H14N4O. The topological polar surface area (TPSA) is 50.3 Å². The van der Waals surface area contributed by atoms with Gasteiger partial charge in [0.05, 0.1) is 19.3 Å². The Morgan fingerprint density at radius 2 is 2.29 bits per heavy atom. The third-order valence-electron chi connectivity index (χ3n) is 2.03. The zero-order chi connectivity index (χ0) is 9.97. The molecule has 0 atom stereocenters. The maximum absolute atomic E-state index is 5.07. The van der Waals surface area contributed by atoms with Gasteiger partial charge in [-0.3, -0.25) is 0 Å². The molecule has 5 heteroatoms.